The Morgan fingerprint density at radius 1 is 1.00 bits per heavy atom. The molecule has 6 nitrogen and oxygen atoms in total. The lowest BCUT2D eigenvalue weighted by molar-refractivity contribution is -0.917. The third-order valence-electron chi connectivity index (χ3n) is 5.04. The lowest BCUT2D eigenvalue weighted by Gasteiger charge is -2.31. The second-order valence-corrected chi connectivity index (χ2v) is 9.51. The molecular formula is C20H27N2O4S2+. The van der Waals surface area contributed by atoms with Crippen LogP contribution in [0.2, 0.25) is 0 Å². The van der Waals surface area contributed by atoms with Gasteiger partial charge in [-0.1, -0.05) is 12.1 Å². The van der Waals surface area contributed by atoms with E-state index in [1.807, 2.05) is 0 Å². The van der Waals surface area contributed by atoms with Gasteiger partial charge in [0, 0.05) is 16.5 Å². The monoisotopic (exact) mass is 423 g/mol. The summed E-state index contributed by atoms with van der Waals surface area (Å²) in [4.78, 5) is 2.89. The minimum atomic E-state index is -3.54. The molecule has 2 aromatic carbocycles. The van der Waals surface area contributed by atoms with E-state index in [1.165, 1.54) is 35.6 Å². The number of hydrogen-bond acceptors (Lipinski definition) is 5. The summed E-state index contributed by atoms with van der Waals surface area (Å²) in [5.41, 5.74) is 1.28. The number of hydrogen-bond donors (Lipinski definition) is 1. The van der Waals surface area contributed by atoms with Crippen molar-refractivity contribution >= 4 is 21.8 Å². The summed E-state index contributed by atoms with van der Waals surface area (Å²) in [6.45, 7) is 3.51. The molecule has 1 aliphatic heterocycles. The number of ether oxygens (including phenoxy) is 2. The molecule has 0 aromatic heterocycles. The highest BCUT2D eigenvalue weighted by Gasteiger charge is 2.31. The van der Waals surface area contributed by atoms with Crippen LogP contribution in [0.15, 0.2) is 52.3 Å². The van der Waals surface area contributed by atoms with Crippen LogP contribution in [0.1, 0.15) is 5.56 Å². The van der Waals surface area contributed by atoms with Gasteiger partial charge in [0.25, 0.3) is 0 Å². The van der Waals surface area contributed by atoms with Crippen molar-refractivity contribution in [2.45, 2.75) is 16.3 Å². The fourth-order valence-corrected chi connectivity index (χ4v) is 5.24. The van der Waals surface area contributed by atoms with E-state index in [0.717, 1.165) is 19.6 Å². The average molecular weight is 424 g/mol. The Kier molecular flexibility index (Phi) is 6.87. The van der Waals surface area contributed by atoms with Gasteiger partial charge in [0.15, 0.2) is 11.5 Å². The van der Waals surface area contributed by atoms with Crippen LogP contribution in [0.5, 0.6) is 11.5 Å². The van der Waals surface area contributed by atoms with Crippen LogP contribution >= 0.6 is 11.8 Å². The summed E-state index contributed by atoms with van der Waals surface area (Å²) in [6, 6.07) is 13.3. The number of piperazine rings is 1. The Labute approximate surface area is 171 Å². The molecule has 1 fully saturated rings. The number of thioether (sulfide) groups is 1. The largest absolute Gasteiger partial charge is 0.493 e. The predicted molar refractivity (Wildman–Crippen MR) is 111 cm³/mol. The van der Waals surface area contributed by atoms with E-state index in [9.17, 15) is 8.42 Å². The van der Waals surface area contributed by atoms with E-state index in [0.29, 0.717) is 24.6 Å². The first-order valence-corrected chi connectivity index (χ1v) is 11.8. The summed E-state index contributed by atoms with van der Waals surface area (Å²) in [7, 11) is -0.511. The van der Waals surface area contributed by atoms with Crippen LogP contribution < -0.4 is 14.4 Å². The van der Waals surface area contributed by atoms with Crippen molar-refractivity contribution in [3.63, 3.8) is 0 Å². The van der Waals surface area contributed by atoms with Gasteiger partial charge >= 0.3 is 0 Å². The van der Waals surface area contributed by atoms with Gasteiger partial charge in [-0.2, -0.15) is 4.31 Å². The van der Waals surface area contributed by atoms with E-state index in [1.54, 1.807) is 28.2 Å². The number of nitrogens with one attached hydrogen (secondary N) is 1. The van der Waals surface area contributed by atoms with Crippen LogP contribution in [0, 0.1) is 0 Å². The third kappa shape index (κ3) is 4.63. The highest BCUT2D eigenvalue weighted by Crippen LogP contribution is 2.30. The molecule has 8 heteroatoms. The van der Waals surface area contributed by atoms with Crippen LogP contribution in [0.3, 0.4) is 0 Å². The quantitative estimate of drug-likeness (QED) is 0.685. The van der Waals surface area contributed by atoms with Crippen molar-refractivity contribution in [1.29, 1.82) is 0 Å². The van der Waals surface area contributed by atoms with Gasteiger partial charge in [0.2, 0.25) is 10.0 Å². The van der Waals surface area contributed by atoms with Crippen LogP contribution in [0.4, 0.5) is 0 Å². The normalized spacial score (nSPS) is 16.1. The molecule has 0 saturated carbocycles. The van der Waals surface area contributed by atoms with Crippen LogP contribution in [-0.2, 0) is 16.6 Å². The maximum Gasteiger partial charge on any atom is 0.243 e. The summed E-state index contributed by atoms with van der Waals surface area (Å²) in [5, 5.41) is 0. The van der Waals surface area contributed by atoms with E-state index in [2.05, 4.69) is 30.5 Å². The lowest BCUT2D eigenvalue weighted by atomic mass is 10.2. The molecule has 1 N–H and O–H groups in total. The number of rotatable bonds is 7. The van der Waals surface area contributed by atoms with E-state index < -0.39 is 10.0 Å². The van der Waals surface area contributed by atoms with E-state index in [4.69, 9.17) is 9.47 Å². The maximum atomic E-state index is 13.0. The standard InChI is InChI=1S/C20H26N2O4S2/c1-25-19-9-8-18(14-20(19)26-2)28(23,24)22-12-10-21(11-13-22)15-16-4-6-17(27-3)7-5-16/h4-9,14H,10-13,15H2,1-3H3/p+1. The van der Waals surface area contributed by atoms with Crippen LogP contribution in [-0.4, -0.2) is 59.4 Å². The smallest absolute Gasteiger partial charge is 0.243 e. The van der Waals surface area contributed by atoms with Gasteiger partial charge in [0.05, 0.1) is 45.3 Å². The molecule has 1 heterocycles. The van der Waals surface area contributed by atoms with Crippen molar-refractivity contribution < 1.29 is 22.8 Å². The second-order valence-electron chi connectivity index (χ2n) is 6.70. The molecule has 28 heavy (non-hydrogen) atoms. The highest BCUT2D eigenvalue weighted by atomic mass is 32.2. The number of quaternary nitrogens is 1. The van der Waals surface area contributed by atoms with Gasteiger partial charge in [-0.05, 0) is 30.5 Å². The summed E-state index contributed by atoms with van der Waals surface area (Å²) < 4.78 is 38.0. The molecule has 152 valence electrons. The van der Waals surface area contributed by atoms with Crippen molar-refractivity contribution in [3.05, 3.63) is 48.0 Å². The minimum absolute atomic E-state index is 0.237. The minimum Gasteiger partial charge on any atom is -0.493 e. The summed E-state index contributed by atoms with van der Waals surface area (Å²) in [6.07, 6.45) is 2.07. The van der Waals surface area contributed by atoms with Crippen molar-refractivity contribution in [2.24, 2.45) is 0 Å². The fraction of sp³-hybridized carbons (Fsp3) is 0.400. The average Bonchev–Trinajstić information content (AvgIpc) is 2.74. The summed E-state index contributed by atoms with van der Waals surface area (Å²) >= 11 is 1.73. The molecule has 0 radical (unpaired) electrons. The lowest BCUT2D eigenvalue weighted by Crippen LogP contribution is -3.13. The predicted octanol–water partition coefficient (Wildman–Crippen LogP) is 1.52. The van der Waals surface area contributed by atoms with E-state index in [-0.39, 0.29) is 4.90 Å². The zero-order chi connectivity index (χ0) is 20.1. The van der Waals surface area contributed by atoms with Crippen molar-refractivity contribution in [3.8, 4) is 11.5 Å². The molecule has 2 aromatic rings. The molecule has 3 rings (SSSR count). The zero-order valence-electron chi connectivity index (χ0n) is 16.5. The fourth-order valence-electron chi connectivity index (χ4n) is 3.38. The Morgan fingerprint density at radius 3 is 2.21 bits per heavy atom. The van der Waals surface area contributed by atoms with Gasteiger partial charge < -0.3 is 14.4 Å². The number of methoxy groups -OCH3 is 2. The maximum absolute atomic E-state index is 13.0. The van der Waals surface area contributed by atoms with Gasteiger partial charge in [-0.15, -0.1) is 11.8 Å². The molecule has 1 saturated heterocycles. The molecule has 0 atom stereocenters. The van der Waals surface area contributed by atoms with Crippen LogP contribution in [0.25, 0.3) is 0 Å². The second kappa shape index (κ2) is 9.17. The number of benzene rings is 2. The molecule has 0 unspecified atom stereocenters. The summed E-state index contributed by atoms with van der Waals surface area (Å²) in [5.74, 6) is 0.935. The first kappa shape index (κ1) is 21.0. The molecule has 0 spiro atoms. The van der Waals surface area contributed by atoms with Crippen molar-refractivity contribution in [2.75, 3.05) is 46.7 Å². The molecule has 0 aliphatic carbocycles. The topological polar surface area (TPSA) is 60.3 Å². The van der Waals surface area contributed by atoms with Gasteiger partial charge in [0.1, 0.15) is 6.54 Å². The SMILES string of the molecule is COc1ccc(S(=O)(=O)N2CC[NH+](Cc3ccc(SC)cc3)CC2)cc1OC. The molecule has 0 bridgehead atoms. The Hall–Kier alpha value is -1.74. The van der Waals surface area contributed by atoms with Gasteiger partial charge in [-0.3, -0.25) is 0 Å². The number of sulfonamides is 1. The first-order chi connectivity index (χ1) is 13.5. The third-order valence-corrected chi connectivity index (χ3v) is 7.67. The van der Waals surface area contributed by atoms with Crippen molar-refractivity contribution in [1.82, 2.24) is 4.31 Å². The van der Waals surface area contributed by atoms with E-state index >= 15 is 0 Å². The Balaban J connectivity index is 1.64. The Bertz CT molecular complexity index is 893. The Morgan fingerprint density at radius 2 is 1.64 bits per heavy atom. The highest BCUT2D eigenvalue weighted by molar-refractivity contribution is 7.98. The molecule has 1 aliphatic rings. The van der Waals surface area contributed by atoms with Gasteiger partial charge in [-0.25, -0.2) is 8.42 Å². The number of nitrogens with zero attached hydrogens (tertiary/aromatic N) is 1. The zero-order valence-corrected chi connectivity index (χ0v) is 18.1. The molecule has 0 amide bonds. The molecular weight excluding hydrogens is 396 g/mol. The first-order valence-electron chi connectivity index (χ1n) is 9.16.